The van der Waals surface area contributed by atoms with E-state index < -0.39 is 23.9 Å². The summed E-state index contributed by atoms with van der Waals surface area (Å²) in [6, 6.07) is 0. The number of hydrogen-bond donors (Lipinski definition) is 5. The van der Waals surface area contributed by atoms with Crippen LogP contribution in [0.25, 0.3) is 0 Å². The van der Waals surface area contributed by atoms with E-state index in [0.29, 0.717) is 6.42 Å². The van der Waals surface area contributed by atoms with E-state index in [1.54, 1.807) is 6.92 Å². The molecule has 0 amide bonds. The second kappa shape index (κ2) is 3.89. The van der Waals surface area contributed by atoms with E-state index >= 15 is 0 Å². The maximum absolute atomic E-state index is 9.63. The van der Waals surface area contributed by atoms with Gasteiger partial charge in [0.15, 0.2) is 0 Å². The summed E-state index contributed by atoms with van der Waals surface area (Å²) < 4.78 is 0. The van der Waals surface area contributed by atoms with Crippen LogP contribution in [0.1, 0.15) is 13.3 Å². The Morgan fingerprint density at radius 2 is 2.00 bits per heavy atom. The lowest BCUT2D eigenvalue weighted by Gasteiger charge is -2.45. The molecule has 0 unspecified atom stereocenters. The second-order valence-corrected chi connectivity index (χ2v) is 3.55. The first-order valence-corrected chi connectivity index (χ1v) is 4.47. The van der Waals surface area contributed by atoms with E-state index in [1.165, 1.54) is 0 Å². The van der Waals surface area contributed by atoms with Crippen molar-refractivity contribution in [3.8, 4) is 0 Å². The highest BCUT2D eigenvalue weighted by Crippen LogP contribution is 2.23. The van der Waals surface area contributed by atoms with Gasteiger partial charge < -0.3 is 25.7 Å². The van der Waals surface area contributed by atoms with Crippen LogP contribution in [-0.4, -0.2) is 57.4 Å². The second-order valence-electron chi connectivity index (χ2n) is 3.55. The molecule has 1 aliphatic heterocycles. The molecule has 5 heteroatoms. The number of aliphatic hydroxyl groups is 4. The Morgan fingerprint density at radius 1 is 1.38 bits per heavy atom. The molecule has 1 fully saturated rings. The van der Waals surface area contributed by atoms with Crippen molar-refractivity contribution < 1.29 is 20.4 Å². The van der Waals surface area contributed by atoms with Gasteiger partial charge in [-0.25, -0.2) is 0 Å². The van der Waals surface area contributed by atoms with Crippen LogP contribution in [0.4, 0.5) is 0 Å². The minimum absolute atomic E-state index is 0.187. The average Bonchev–Trinajstić information content (AvgIpc) is 2.16. The van der Waals surface area contributed by atoms with Crippen molar-refractivity contribution >= 4 is 0 Å². The minimum atomic E-state index is -1.19. The quantitative estimate of drug-likeness (QED) is 0.342. The molecule has 0 aliphatic carbocycles. The highest BCUT2D eigenvalue weighted by Gasteiger charge is 2.46. The van der Waals surface area contributed by atoms with Crippen molar-refractivity contribution in [2.24, 2.45) is 0 Å². The first kappa shape index (κ1) is 10.9. The molecule has 1 rings (SSSR count). The lowest BCUT2D eigenvalue weighted by Crippen LogP contribution is -2.69. The highest BCUT2D eigenvalue weighted by molar-refractivity contribution is 5.03. The van der Waals surface area contributed by atoms with Crippen molar-refractivity contribution in [3.05, 3.63) is 0 Å². The molecule has 1 saturated heterocycles. The summed E-state index contributed by atoms with van der Waals surface area (Å²) in [5, 5.41) is 40.2. The Hall–Kier alpha value is -0.200. The van der Waals surface area contributed by atoms with Crippen molar-refractivity contribution in [1.82, 2.24) is 5.32 Å². The highest BCUT2D eigenvalue weighted by atomic mass is 16.4. The predicted octanol–water partition coefficient (Wildman–Crippen LogP) is -2.19. The van der Waals surface area contributed by atoms with Crippen LogP contribution in [0.3, 0.4) is 0 Å². The fraction of sp³-hybridized carbons (Fsp3) is 1.00. The molecule has 0 saturated carbocycles. The topological polar surface area (TPSA) is 93.0 Å². The molecular weight excluding hydrogens is 174 g/mol. The molecule has 13 heavy (non-hydrogen) atoms. The summed E-state index contributed by atoms with van der Waals surface area (Å²) in [5.74, 6) is 0. The van der Waals surface area contributed by atoms with Crippen LogP contribution in [0, 0.1) is 0 Å². The van der Waals surface area contributed by atoms with E-state index in [0.717, 1.165) is 0 Å². The molecule has 0 aromatic rings. The molecule has 78 valence electrons. The summed E-state index contributed by atoms with van der Waals surface area (Å²) in [4.78, 5) is 0. The monoisotopic (exact) mass is 191 g/mol. The van der Waals surface area contributed by atoms with E-state index in [-0.39, 0.29) is 13.2 Å². The number of β-amino-alcohol motifs (C(OH)–C–C–N with tert-alkyl or cyclic N) is 1. The predicted molar refractivity (Wildman–Crippen MR) is 46.1 cm³/mol. The Morgan fingerprint density at radius 3 is 2.46 bits per heavy atom. The van der Waals surface area contributed by atoms with Gasteiger partial charge in [0.2, 0.25) is 0 Å². The first-order chi connectivity index (χ1) is 6.07. The van der Waals surface area contributed by atoms with Gasteiger partial charge in [-0.2, -0.15) is 0 Å². The van der Waals surface area contributed by atoms with Gasteiger partial charge in [-0.3, -0.25) is 0 Å². The van der Waals surface area contributed by atoms with Crippen LogP contribution >= 0.6 is 0 Å². The number of aliphatic hydroxyl groups excluding tert-OH is 4. The maximum Gasteiger partial charge on any atom is 0.109 e. The lowest BCUT2D eigenvalue weighted by atomic mass is 9.81. The van der Waals surface area contributed by atoms with Crippen molar-refractivity contribution in [2.45, 2.75) is 37.2 Å². The fourth-order valence-corrected chi connectivity index (χ4v) is 1.67. The van der Waals surface area contributed by atoms with Crippen LogP contribution < -0.4 is 5.32 Å². The van der Waals surface area contributed by atoms with Crippen LogP contribution in [0.15, 0.2) is 0 Å². The zero-order chi connectivity index (χ0) is 10.1. The first-order valence-electron chi connectivity index (χ1n) is 4.47. The summed E-state index contributed by atoms with van der Waals surface area (Å²) >= 11 is 0. The van der Waals surface area contributed by atoms with E-state index in [2.05, 4.69) is 5.32 Å². The standard InChI is InChI=1S/C8H17NO4/c1-2-8(4-10)7(13)6(12)5(11)3-9-8/h5-7,9-13H,2-4H2,1H3/t5-,6+,7-,8+/m0/s1. The molecule has 1 heterocycles. The van der Waals surface area contributed by atoms with Gasteiger partial charge in [0, 0.05) is 6.54 Å². The molecule has 5 N–H and O–H groups in total. The Bertz CT molecular complexity index is 172. The van der Waals surface area contributed by atoms with E-state index in [1.807, 2.05) is 0 Å². The number of hydrogen-bond acceptors (Lipinski definition) is 5. The summed E-state index contributed by atoms with van der Waals surface area (Å²) in [7, 11) is 0. The van der Waals surface area contributed by atoms with Crippen molar-refractivity contribution in [3.63, 3.8) is 0 Å². The molecule has 4 atom stereocenters. The minimum Gasteiger partial charge on any atom is -0.394 e. The Balaban J connectivity index is 2.77. The van der Waals surface area contributed by atoms with Gasteiger partial charge in [-0.05, 0) is 6.42 Å². The van der Waals surface area contributed by atoms with Crippen molar-refractivity contribution in [1.29, 1.82) is 0 Å². The molecule has 0 radical (unpaired) electrons. The van der Waals surface area contributed by atoms with Crippen LogP contribution in [0.5, 0.6) is 0 Å². The average molecular weight is 191 g/mol. The molecule has 1 aliphatic rings. The van der Waals surface area contributed by atoms with Gasteiger partial charge in [-0.15, -0.1) is 0 Å². The number of rotatable bonds is 2. The third-order valence-electron chi connectivity index (χ3n) is 2.86. The maximum atomic E-state index is 9.63. The van der Waals surface area contributed by atoms with E-state index in [4.69, 9.17) is 5.11 Å². The van der Waals surface area contributed by atoms with Crippen LogP contribution in [0.2, 0.25) is 0 Å². The largest absolute Gasteiger partial charge is 0.394 e. The van der Waals surface area contributed by atoms with E-state index in [9.17, 15) is 15.3 Å². The summed E-state index contributed by atoms with van der Waals surface area (Å²) in [5.41, 5.74) is -0.876. The fourth-order valence-electron chi connectivity index (χ4n) is 1.67. The van der Waals surface area contributed by atoms with Gasteiger partial charge >= 0.3 is 0 Å². The molecule has 0 bridgehead atoms. The van der Waals surface area contributed by atoms with Gasteiger partial charge in [0.05, 0.1) is 18.2 Å². The SMILES string of the molecule is CC[C@]1(CO)NC[C@H](O)[C@@H](O)[C@@H]1O. The molecule has 0 aromatic heterocycles. The van der Waals surface area contributed by atoms with Crippen molar-refractivity contribution in [2.75, 3.05) is 13.2 Å². The normalized spacial score (nSPS) is 46.4. The number of nitrogens with one attached hydrogen (secondary N) is 1. The molecular formula is C8H17NO4. The molecule has 0 aromatic carbocycles. The molecule has 5 nitrogen and oxygen atoms in total. The summed E-state index contributed by atoms with van der Waals surface area (Å²) in [6.45, 7) is 1.73. The number of piperidine rings is 1. The third kappa shape index (κ3) is 1.70. The van der Waals surface area contributed by atoms with Gasteiger partial charge in [0.1, 0.15) is 12.2 Å². The lowest BCUT2D eigenvalue weighted by molar-refractivity contribution is -0.134. The van der Waals surface area contributed by atoms with Gasteiger partial charge in [0.25, 0.3) is 0 Å². The summed E-state index contributed by atoms with van der Waals surface area (Å²) in [6.07, 6.45) is -2.80. The zero-order valence-electron chi connectivity index (χ0n) is 7.64. The Kier molecular flexibility index (Phi) is 3.26. The molecule has 0 spiro atoms. The Labute approximate surface area is 77.0 Å². The zero-order valence-corrected chi connectivity index (χ0v) is 7.64. The third-order valence-corrected chi connectivity index (χ3v) is 2.86. The van der Waals surface area contributed by atoms with Gasteiger partial charge in [-0.1, -0.05) is 6.92 Å². The van der Waals surface area contributed by atoms with Crippen LogP contribution in [-0.2, 0) is 0 Å². The smallest absolute Gasteiger partial charge is 0.109 e.